The van der Waals surface area contributed by atoms with E-state index in [4.69, 9.17) is 5.73 Å². The molecule has 15 heavy (non-hydrogen) atoms. The van der Waals surface area contributed by atoms with Crippen LogP contribution in [0.25, 0.3) is 10.8 Å². The third kappa shape index (κ3) is 2.31. The predicted octanol–water partition coefficient (Wildman–Crippen LogP) is 1.65. The van der Waals surface area contributed by atoms with E-state index in [-0.39, 0.29) is 5.91 Å². The zero-order valence-electron chi connectivity index (χ0n) is 8.31. The van der Waals surface area contributed by atoms with Crippen LogP contribution in [0.3, 0.4) is 0 Å². The summed E-state index contributed by atoms with van der Waals surface area (Å²) in [6, 6.07) is 10.0. The molecule has 3 heteroatoms. The Bertz CT molecular complexity index is 494. The van der Waals surface area contributed by atoms with Gasteiger partial charge in [-0.15, -0.1) is 0 Å². The molecule has 76 valence electrons. The maximum Gasteiger partial charge on any atom is 0.217 e. The van der Waals surface area contributed by atoms with Crippen LogP contribution >= 0.6 is 0 Å². The van der Waals surface area contributed by atoms with Crippen molar-refractivity contribution in [2.45, 2.75) is 12.8 Å². The molecule has 0 aliphatic carbocycles. The summed E-state index contributed by atoms with van der Waals surface area (Å²) in [7, 11) is 0. The minimum absolute atomic E-state index is 0.287. The minimum atomic E-state index is -0.287. The summed E-state index contributed by atoms with van der Waals surface area (Å²) in [5.41, 5.74) is 6.00. The van der Waals surface area contributed by atoms with Gasteiger partial charge in [-0.25, -0.2) is 0 Å². The van der Waals surface area contributed by atoms with Crippen molar-refractivity contribution in [3.05, 3.63) is 42.2 Å². The third-order valence-electron chi connectivity index (χ3n) is 2.32. The summed E-state index contributed by atoms with van der Waals surface area (Å²) in [6.07, 6.45) is 2.79. The van der Waals surface area contributed by atoms with Gasteiger partial charge in [0.15, 0.2) is 0 Å². The summed E-state index contributed by atoms with van der Waals surface area (Å²) in [4.78, 5) is 14.9. The lowest BCUT2D eigenvalue weighted by Gasteiger charge is -2.01. The molecule has 0 saturated heterocycles. The quantitative estimate of drug-likeness (QED) is 0.819. The molecule has 0 aliphatic heterocycles. The van der Waals surface area contributed by atoms with Crippen molar-refractivity contribution < 1.29 is 4.79 Å². The molecule has 2 N–H and O–H groups in total. The van der Waals surface area contributed by atoms with E-state index in [1.807, 2.05) is 36.5 Å². The first-order valence-electron chi connectivity index (χ1n) is 4.88. The van der Waals surface area contributed by atoms with Crippen molar-refractivity contribution in [3.63, 3.8) is 0 Å². The summed E-state index contributed by atoms with van der Waals surface area (Å²) in [5.74, 6) is -0.287. The highest BCUT2D eigenvalue weighted by Gasteiger charge is 2.00. The molecular formula is C12H12N2O. The average Bonchev–Trinajstić information content (AvgIpc) is 2.26. The van der Waals surface area contributed by atoms with Crippen LogP contribution < -0.4 is 5.73 Å². The maximum absolute atomic E-state index is 10.6. The average molecular weight is 200 g/mol. The number of hydrogen-bond acceptors (Lipinski definition) is 2. The molecule has 2 rings (SSSR count). The van der Waals surface area contributed by atoms with Crippen molar-refractivity contribution in [1.29, 1.82) is 0 Å². The molecule has 0 unspecified atom stereocenters. The Morgan fingerprint density at radius 1 is 1.27 bits per heavy atom. The number of nitrogens with two attached hydrogens (primary N) is 1. The van der Waals surface area contributed by atoms with Crippen molar-refractivity contribution in [1.82, 2.24) is 4.98 Å². The lowest BCUT2D eigenvalue weighted by Crippen LogP contribution is -2.11. The number of carbonyl (C=O) groups excluding carboxylic acids is 1. The number of pyridine rings is 1. The molecule has 0 saturated carbocycles. The summed E-state index contributed by atoms with van der Waals surface area (Å²) in [5, 5.41) is 2.26. The standard InChI is InChI=1S/C12H12N2O/c13-12(15)6-5-11-7-9-3-1-2-4-10(9)8-14-11/h1-4,7-8H,5-6H2,(H2,13,15). The molecule has 0 bridgehead atoms. The highest BCUT2D eigenvalue weighted by atomic mass is 16.1. The van der Waals surface area contributed by atoms with Crippen molar-refractivity contribution in [2.24, 2.45) is 5.73 Å². The second kappa shape index (κ2) is 4.09. The molecule has 1 heterocycles. The minimum Gasteiger partial charge on any atom is -0.370 e. The second-order valence-corrected chi connectivity index (χ2v) is 3.49. The Morgan fingerprint density at radius 2 is 2.00 bits per heavy atom. The largest absolute Gasteiger partial charge is 0.370 e. The fourth-order valence-corrected chi connectivity index (χ4v) is 1.52. The summed E-state index contributed by atoms with van der Waals surface area (Å²) >= 11 is 0. The van der Waals surface area contributed by atoms with E-state index in [0.717, 1.165) is 16.5 Å². The van der Waals surface area contributed by atoms with Crippen molar-refractivity contribution in [3.8, 4) is 0 Å². The number of rotatable bonds is 3. The van der Waals surface area contributed by atoms with Crippen LogP contribution in [0, 0.1) is 0 Å². The number of hydrogen-bond donors (Lipinski definition) is 1. The van der Waals surface area contributed by atoms with E-state index in [1.165, 1.54) is 0 Å². The lowest BCUT2D eigenvalue weighted by molar-refractivity contribution is -0.118. The normalized spacial score (nSPS) is 10.4. The van der Waals surface area contributed by atoms with E-state index in [0.29, 0.717) is 12.8 Å². The number of aryl methyl sites for hydroxylation is 1. The number of carbonyl (C=O) groups is 1. The number of aromatic nitrogens is 1. The molecule has 0 aliphatic rings. The number of benzene rings is 1. The van der Waals surface area contributed by atoms with E-state index in [9.17, 15) is 4.79 Å². The highest BCUT2D eigenvalue weighted by Crippen LogP contribution is 2.13. The number of fused-ring (bicyclic) bond motifs is 1. The van der Waals surface area contributed by atoms with Crippen LogP contribution in [0.15, 0.2) is 36.5 Å². The molecule has 1 aromatic heterocycles. The van der Waals surface area contributed by atoms with Crippen molar-refractivity contribution >= 4 is 16.7 Å². The van der Waals surface area contributed by atoms with Crippen LogP contribution in [0.5, 0.6) is 0 Å². The fourth-order valence-electron chi connectivity index (χ4n) is 1.52. The molecule has 1 aromatic carbocycles. The predicted molar refractivity (Wildman–Crippen MR) is 59.3 cm³/mol. The zero-order chi connectivity index (χ0) is 10.7. The Balaban J connectivity index is 2.26. The monoisotopic (exact) mass is 200 g/mol. The van der Waals surface area contributed by atoms with Gasteiger partial charge in [-0.05, 0) is 17.9 Å². The molecular weight excluding hydrogens is 188 g/mol. The molecule has 0 spiro atoms. The van der Waals surface area contributed by atoms with Crippen LogP contribution in [0.2, 0.25) is 0 Å². The van der Waals surface area contributed by atoms with Gasteiger partial charge in [-0.1, -0.05) is 24.3 Å². The Labute approximate surface area is 87.9 Å². The topological polar surface area (TPSA) is 56.0 Å². The first-order chi connectivity index (χ1) is 7.25. The van der Waals surface area contributed by atoms with Crippen LogP contribution in [-0.2, 0) is 11.2 Å². The van der Waals surface area contributed by atoms with Gasteiger partial charge < -0.3 is 5.73 Å². The van der Waals surface area contributed by atoms with E-state index in [2.05, 4.69) is 4.98 Å². The molecule has 0 fully saturated rings. The first-order valence-corrected chi connectivity index (χ1v) is 4.88. The number of primary amides is 1. The SMILES string of the molecule is NC(=O)CCc1cc2ccccc2cn1. The first kappa shape index (κ1) is 9.65. The molecule has 3 nitrogen and oxygen atoms in total. The van der Waals surface area contributed by atoms with E-state index in [1.54, 1.807) is 0 Å². The van der Waals surface area contributed by atoms with Gasteiger partial charge >= 0.3 is 0 Å². The van der Waals surface area contributed by atoms with Gasteiger partial charge in [0.1, 0.15) is 0 Å². The third-order valence-corrected chi connectivity index (χ3v) is 2.32. The van der Waals surface area contributed by atoms with E-state index >= 15 is 0 Å². The van der Waals surface area contributed by atoms with Crippen molar-refractivity contribution in [2.75, 3.05) is 0 Å². The van der Waals surface area contributed by atoms with Gasteiger partial charge in [0, 0.05) is 23.7 Å². The fraction of sp³-hybridized carbons (Fsp3) is 0.167. The highest BCUT2D eigenvalue weighted by molar-refractivity contribution is 5.82. The Hall–Kier alpha value is -1.90. The summed E-state index contributed by atoms with van der Waals surface area (Å²) in [6.45, 7) is 0. The second-order valence-electron chi connectivity index (χ2n) is 3.49. The van der Waals surface area contributed by atoms with Gasteiger partial charge in [-0.2, -0.15) is 0 Å². The summed E-state index contributed by atoms with van der Waals surface area (Å²) < 4.78 is 0. The number of nitrogens with zero attached hydrogens (tertiary/aromatic N) is 1. The molecule has 0 radical (unpaired) electrons. The van der Waals surface area contributed by atoms with Gasteiger partial charge in [0.05, 0.1) is 0 Å². The molecule has 2 aromatic rings. The lowest BCUT2D eigenvalue weighted by atomic mass is 10.1. The van der Waals surface area contributed by atoms with Crippen LogP contribution in [0.4, 0.5) is 0 Å². The maximum atomic E-state index is 10.6. The Kier molecular flexibility index (Phi) is 2.63. The van der Waals surface area contributed by atoms with Crippen LogP contribution in [0.1, 0.15) is 12.1 Å². The van der Waals surface area contributed by atoms with Gasteiger partial charge in [0.25, 0.3) is 0 Å². The zero-order valence-corrected chi connectivity index (χ0v) is 8.31. The van der Waals surface area contributed by atoms with Crippen LogP contribution in [-0.4, -0.2) is 10.9 Å². The molecule has 1 amide bonds. The Morgan fingerprint density at radius 3 is 2.73 bits per heavy atom. The molecule has 0 atom stereocenters. The van der Waals surface area contributed by atoms with Gasteiger partial charge in [0.2, 0.25) is 5.91 Å². The van der Waals surface area contributed by atoms with Gasteiger partial charge in [-0.3, -0.25) is 9.78 Å². The van der Waals surface area contributed by atoms with E-state index < -0.39 is 0 Å². The smallest absolute Gasteiger partial charge is 0.217 e. The number of amides is 1.